The van der Waals surface area contributed by atoms with Gasteiger partial charge in [-0.25, -0.2) is 9.97 Å². The van der Waals surface area contributed by atoms with Gasteiger partial charge >= 0.3 is 0 Å². The van der Waals surface area contributed by atoms with E-state index in [1.807, 2.05) is 37.3 Å². The number of hydrogen-bond acceptors (Lipinski definition) is 7. The first-order valence-corrected chi connectivity index (χ1v) is 11.3. The van der Waals surface area contributed by atoms with Crippen LogP contribution in [-0.4, -0.2) is 21.0 Å². The number of aromatic nitrogens is 3. The van der Waals surface area contributed by atoms with Crippen LogP contribution in [0, 0.1) is 6.92 Å². The smallest absolute Gasteiger partial charge is 0.260 e. The molecule has 0 saturated carbocycles. The first kappa shape index (κ1) is 20.6. The number of hydrogen-bond donors (Lipinski definition) is 1. The Kier molecular flexibility index (Phi) is 6.47. The Morgan fingerprint density at radius 1 is 1.23 bits per heavy atom. The Morgan fingerprint density at radius 2 is 2.10 bits per heavy atom. The van der Waals surface area contributed by atoms with Gasteiger partial charge in [-0.1, -0.05) is 46.7 Å². The monoisotopic (exact) mass is 456 g/mol. The zero-order valence-corrected chi connectivity index (χ0v) is 18.4. The lowest BCUT2D eigenvalue weighted by atomic mass is 10.1. The van der Waals surface area contributed by atoms with Crippen LogP contribution in [0.4, 0.5) is 5.13 Å². The molecule has 0 saturated heterocycles. The van der Waals surface area contributed by atoms with Crippen LogP contribution in [0.1, 0.15) is 32.3 Å². The van der Waals surface area contributed by atoms with Gasteiger partial charge in [-0.2, -0.15) is 0 Å². The number of pyridine rings is 1. The van der Waals surface area contributed by atoms with E-state index in [9.17, 15) is 4.79 Å². The third kappa shape index (κ3) is 5.08. The average molecular weight is 457 g/mol. The van der Waals surface area contributed by atoms with Crippen molar-refractivity contribution in [2.24, 2.45) is 0 Å². The number of nitrogens with one attached hydrogen (secondary N) is 1. The second-order valence-corrected chi connectivity index (χ2v) is 8.91. The molecule has 0 spiro atoms. The number of rotatable bonds is 7. The fourth-order valence-corrected chi connectivity index (χ4v) is 4.65. The molecule has 0 fully saturated rings. The summed E-state index contributed by atoms with van der Waals surface area (Å²) < 4.78 is 5.08. The molecule has 0 aliphatic heterocycles. The van der Waals surface area contributed by atoms with E-state index >= 15 is 0 Å². The minimum atomic E-state index is -0.249. The third-order valence-corrected chi connectivity index (χ3v) is 6.47. The Labute approximate surface area is 186 Å². The normalized spacial score (nSPS) is 10.9. The van der Waals surface area contributed by atoms with E-state index in [0.29, 0.717) is 27.9 Å². The minimum Gasteiger partial charge on any atom is -0.361 e. The van der Waals surface area contributed by atoms with Crippen molar-refractivity contribution in [3.8, 4) is 0 Å². The van der Waals surface area contributed by atoms with Gasteiger partial charge in [0.2, 0.25) is 0 Å². The summed E-state index contributed by atoms with van der Waals surface area (Å²) >= 11 is 9.09. The van der Waals surface area contributed by atoms with Gasteiger partial charge < -0.3 is 4.52 Å². The summed E-state index contributed by atoms with van der Waals surface area (Å²) in [5.74, 6) is 1.06. The molecular formula is C21H17ClN4O2S2. The molecule has 152 valence electrons. The number of thioether (sulfide) groups is 1. The molecular weight excluding hydrogens is 440 g/mol. The maximum absolute atomic E-state index is 12.8. The van der Waals surface area contributed by atoms with Gasteiger partial charge in [0, 0.05) is 40.5 Å². The van der Waals surface area contributed by atoms with Crippen molar-refractivity contribution in [3.63, 3.8) is 0 Å². The first-order chi connectivity index (χ1) is 14.6. The molecule has 1 aromatic carbocycles. The number of aryl methyl sites for hydroxylation is 1. The molecule has 30 heavy (non-hydrogen) atoms. The van der Waals surface area contributed by atoms with Crippen LogP contribution >= 0.6 is 34.7 Å². The summed E-state index contributed by atoms with van der Waals surface area (Å²) in [4.78, 5) is 22.5. The number of anilines is 1. The maximum Gasteiger partial charge on any atom is 0.260 e. The predicted molar refractivity (Wildman–Crippen MR) is 119 cm³/mol. The lowest BCUT2D eigenvalue weighted by molar-refractivity contribution is 0.102. The molecule has 0 bridgehead atoms. The second kappa shape index (κ2) is 9.42. The number of nitrogens with zero attached hydrogens (tertiary/aromatic N) is 3. The Morgan fingerprint density at radius 3 is 2.90 bits per heavy atom. The summed E-state index contributed by atoms with van der Waals surface area (Å²) in [5, 5.41) is 8.73. The summed E-state index contributed by atoms with van der Waals surface area (Å²) in [6.45, 7) is 1.84. The first-order valence-electron chi connectivity index (χ1n) is 9.08. The average Bonchev–Trinajstić information content (AvgIpc) is 3.37. The summed E-state index contributed by atoms with van der Waals surface area (Å²) in [6.07, 6.45) is 4.09. The van der Waals surface area contributed by atoms with Gasteiger partial charge in [-0.3, -0.25) is 10.1 Å². The van der Waals surface area contributed by atoms with E-state index in [1.165, 1.54) is 23.1 Å². The van der Waals surface area contributed by atoms with Gasteiger partial charge in [-0.05, 0) is 30.7 Å². The molecule has 9 heteroatoms. The molecule has 1 amide bonds. The molecule has 1 N–H and O–H groups in total. The van der Waals surface area contributed by atoms with Crippen molar-refractivity contribution in [2.75, 3.05) is 5.32 Å². The number of halogens is 1. The van der Waals surface area contributed by atoms with Crippen LogP contribution in [0.25, 0.3) is 0 Å². The molecule has 0 atom stereocenters. The van der Waals surface area contributed by atoms with Crippen LogP contribution in [-0.2, 0) is 12.2 Å². The topological polar surface area (TPSA) is 80.9 Å². The number of carbonyl (C=O) groups is 1. The Bertz CT molecular complexity index is 1180. The van der Waals surface area contributed by atoms with Gasteiger partial charge in [-0.15, -0.1) is 11.3 Å². The van der Waals surface area contributed by atoms with Crippen LogP contribution in [0.15, 0.2) is 64.4 Å². The number of carbonyl (C=O) groups excluding carboxylic acids is 1. The molecule has 0 radical (unpaired) electrons. The molecule has 0 aliphatic rings. The van der Waals surface area contributed by atoms with Gasteiger partial charge in [0.1, 0.15) is 10.8 Å². The fourth-order valence-electron chi connectivity index (χ4n) is 2.75. The van der Waals surface area contributed by atoms with Crippen molar-refractivity contribution >= 4 is 45.7 Å². The van der Waals surface area contributed by atoms with Crippen LogP contribution in [0.2, 0.25) is 5.02 Å². The molecule has 0 unspecified atom stereocenters. The highest BCUT2D eigenvalue weighted by molar-refractivity contribution is 7.98. The third-order valence-electron chi connectivity index (χ3n) is 4.15. The largest absolute Gasteiger partial charge is 0.361 e. The van der Waals surface area contributed by atoms with Gasteiger partial charge in [0.05, 0.1) is 11.3 Å². The summed E-state index contributed by atoms with van der Waals surface area (Å²) in [5.41, 5.74) is 2.32. The lowest BCUT2D eigenvalue weighted by Crippen LogP contribution is -2.13. The molecule has 4 rings (SSSR count). The number of thiazole rings is 1. The predicted octanol–water partition coefficient (Wildman–Crippen LogP) is 5.62. The highest BCUT2D eigenvalue weighted by atomic mass is 35.5. The molecule has 6 nitrogen and oxygen atoms in total. The number of amides is 1. The van der Waals surface area contributed by atoms with Crippen molar-refractivity contribution in [1.82, 2.24) is 15.1 Å². The standard InChI is InChI=1S/C21H17ClN4O2S2/c1-13-9-15(26-28-13)12-29-20-17(6-4-8-23-20)19(27)25-21-24-11-16(30-21)10-14-5-2-3-7-18(14)22/h2-9,11H,10,12H2,1H3,(H,24,25,27). The van der Waals surface area contributed by atoms with E-state index in [0.717, 1.165) is 26.9 Å². The van der Waals surface area contributed by atoms with E-state index in [-0.39, 0.29) is 5.91 Å². The summed E-state index contributed by atoms with van der Waals surface area (Å²) in [7, 11) is 0. The minimum absolute atomic E-state index is 0.249. The fraction of sp³-hybridized carbons (Fsp3) is 0.143. The Hall–Kier alpha value is -2.68. The Balaban J connectivity index is 1.43. The number of benzene rings is 1. The van der Waals surface area contributed by atoms with Crippen LogP contribution in [0.5, 0.6) is 0 Å². The maximum atomic E-state index is 12.8. The SMILES string of the molecule is Cc1cc(CSc2ncccc2C(=O)Nc2ncc(Cc3ccccc3Cl)s2)no1. The molecule has 4 aromatic rings. The quantitative estimate of drug-likeness (QED) is 0.363. The van der Waals surface area contributed by atoms with Crippen molar-refractivity contribution < 1.29 is 9.32 Å². The highest BCUT2D eigenvalue weighted by Gasteiger charge is 2.16. The van der Waals surface area contributed by atoms with Gasteiger partial charge in [0.15, 0.2) is 5.13 Å². The van der Waals surface area contributed by atoms with E-state index in [1.54, 1.807) is 24.5 Å². The van der Waals surface area contributed by atoms with Crippen molar-refractivity contribution in [2.45, 2.75) is 24.1 Å². The molecule has 3 heterocycles. The van der Waals surface area contributed by atoms with E-state index in [4.69, 9.17) is 16.1 Å². The van der Waals surface area contributed by atoms with Crippen LogP contribution in [0.3, 0.4) is 0 Å². The van der Waals surface area contributed by atoms with E-state index in [2.05, 4.69) is 20.4 Å². The zero-order valence-electron chi connectivity index (χ0n) is 16.0. The molecule has 0 aliphatic carbocycles. The lowest BCUT2D eigenvalue weighted by Gasteiger charge is -2.06. The van der Waals surface area contributed by atoms with Crippen LogP contribution < -0.4 is 5.32 Å². The zero-order chi connectivity index (χ0) is 20.9. The molecule has 3 aromatic heterocycles. The second-order valence-electron chi connectivity index (χ2n) is 6.43. The van der Waals surface area contributed by atoms with E-state index < -0.39 is 0 Å². The highest BCUT2D eigenvalue weighted by Crippen LogP contribution is 2.27. The van der Waals surface area contributed by atoms with Crippen molar-refractivity contribution in [1.29, 1.82) is 0 Å². The van der Waals surface area contributed by atoms with Gasteiger partial charge in [0.25, 0.3) is 5.91 Å². The summed E-state index contributed by atoms with van der Waals surface area (Å²) in [6, 6.07) is 13.1. The van der Waals surface area contributed by atoms with Crippen molar-refractivity contribution in [3.05, 3.63) is 87.3 Å².